The number of carbonyl (C=O) groups excluding carboxylic acids is 1. The quantitative estimate of drug-likeness (QED) is 0.490. The van der Waals surface area contributed by atoms with Crippen molar-refractivity contribution in [3.8, 4) is 0 Å². The Morgan fingerprint density at radius 3 is 2.50 bits per heavy atom. The van der Waals surface area contributed by atoms with E-state index in [4.69, 9.17) is 4.74 Å². The number of nitro groups is 1. The van der Waals surface area contributed by atoms with E-state index in [1.807, 2.05) is 0 Å². The molecule has 1 atom stereocenters. The number of nitro benzene ring substituents is 1. The number of rotatable bonds is 7. The molecule has 2 aromatic rings. The Hall–Kier alpha value is -2.86. The van der Waals surface area contributed by atoms with Crippen molar-refractivity contribution < 1.29 is 28.0 Å². The predicted octanol–water partition coefficient (Wildman–Crippen LogP) is 1.08. The Labute approximate surface area is 173 Å². The van der Waals surface area contributed by atoms with Crippen LogP contribution < -0.4 is 5.32 Å². The lowest BCUT2D eigenvalue weighted by Crippen LogP contribution is -2.40. The average Bonchev–Trinajstić information content (AvgIpc) is 2.78. The van der Waals surface area contributed by atoms with Crippen LogP contribution in [0.25, 0.3) is 0 Å². The summed E-state index contributed by atoms with van der Waals surface area (Å²) >= 11 is 0. The molecule has 2 N–H and O–H groups in total. The lowest BCUT2D eigenvalue weighted by molar-refractivity contribution is -0.384. The highest BCUT2D eigenvalue weighted by Crippen LogP contribution is 2.19. The molecule has 1 fully saturated rings. The number of morpholine rings is 1. The lowest BCUT2D eigenvalue weighted by Gasteiger charge is -2.26. The Kier molecular flexibility index (Phi) is 6.77. The molecule has 11 heteroatoms. The average molecular weight is 435 g/mol. The summed E-state index contributed by atoms with van der Waals surface area (Å²) in [6.07, 6.45) is -1.07. The summed E-state index contributed by atoms with van der Waals surface area (Å²) in [5, 5.41) is 23.4. The highest BCUT2D eigenvalue weighted by molar-refractivity contribution is 7.89. The van der Waals surface area contributed by atoms with Crippen molar-refractivity contribution in [1.82, 2.24) is 9.62 Å². The van der Waals surface area contributed by atoms with Gasteiger partial charge < -0.3 is 15.2 Å². The molecular weight excluding hydrogens is 414 g/mol. The number of ether oxygens (including phenoxy) is 1. The van der Waals surface area contributed by atoms with Crippen LogP contribution in [-0.4, -0.2) is 61.5 Å². The van der Waals surface area contributed by atoms with Crippen molar-refractivity contribution in [2.75, 3.05) is 32.8 Å². The van der Waals surface area contributed by atoms with Gasteiger partial charge in [-0.1, -0.05) is 6.07 Å². The van der Waals surface area contributed by atoms with Gasteiger partial charge in [0.1, 0.15) is 0 Å². The molecule has 0 bridgehead atoms. The molecule has 0 aliphatic carbocycles. The fourth-order valence-corrected chi connectivity index (χ4v) is 4.42. The van der Waals surface area contributed by atoms with E-state index < -0.39 is 27.0 Å². The molecule has 1 saturated heterocycles. The van der Waals surface area contributed by atoms with Gasteiger partial charge in [-0.2, -0.15) is 4.31 Å². The second kappa shape index (κ2) is 9.30. The van der Waals surface area contributed by atoms with Crippen LogP contribution in [-0.2, 0) is 14.8 Å². The van der Waals surface area contributed by atoms with E-state index in [-0.39, 0.29) is 35.8 Å². The van der Waals surface area contributed by atoms with Gasteiger partial charge in [0.05, 0.1) is 29.1 Å². The largest absolute Gasteiger partial charge is 0.387 e. The third-order valence-corrected chi connectivity index (χ3v) is 6.54. The molecule has 0 radical (unpaired) electrons. The van der Waals surface area contributed by atoms with Gasteiger partial charge in [0.25, 0.3) is 11.6 Å². The summed E-state index contributed by atoms with van der Waals surface area (Å²) in [6.45, 7) is 0.997. The summed E-state index contributed by atoms with van der Waals surface area (Å²) in [7, 11) is -3.73. The van der Waals surface area contributed by atoms with E-state index in [1.165, 1.54) is 52.8 Å². The van der Waals surface area contributed by atoms with Gasteiger partial charge in [-0.05, 0) is 35.9 Å². The fourth-order valence-electron chi connectivity index (χ4n) is 2.96. The van der Waals surface area contributed by atoms with Gasteiger partial charge in [0, 0.05) is 37.3 Å². The molecule has 30 heavy (non-hydrogen) atoms. The summed E-state index contributed by atoms with van der Waals surface area (Å²) in [4.78, 5) is 22.6. The van der Waals surface area contributed by atoms with Crippen LogP contribution in [0, 0.1) is 10.1 Å². The molecule has 0 saturated carbocycles. The van der Waals surface area contributed by atoms with Crippen LogP contribution in [0.2, 0.25) is 0 Å². The zero-order chi connectivity index (χ0) is 21.7. The lowest BCUT2D eigenvalue weighted by atomic mass is 10.1. The Bertz CT molecular complexity index is 1020. The van der Waals surface area contributed by atoms with E-state index in [9.17, 15) is 28.4 Å². The van der Waals surface area contributed by atoms with Crippen molar-refractivity contribution in [1.29, 1.82) is 0 Å². The van der Waals surface area contributed by atoms with Gasteiger partial charge in [-0.3, -0.25) is 14.9 Å². The highest BCUT2D eigenvalue weighted by atomic mass is 32.2. The molecule has 3 rings (SSSR count). The standard InChI is InChI=1S/C19H21N3O7S/c23-18(14-4-6-16(7-5-14)22(25)26)13-20-19(24)15-2-1-3-17(12-15)30(27,28)21-8-10-29-11-9-21/h1-7,12,18,23H,8-11,13H2,(H,20,24)/t18-/m1/s1. The number of carbonyl (C=O) groups is 1. The first kappa shape index (κ1) is 21.8. The van der Waals surface area contributed by atoms with E-state index in [0.717, 1.165) is 0 Å². The first-order valence-electron chi connectivity index (χ1n) is 9.17. The SMILES string of the molecule is O=C(NC[C@@H](O)c1ccc([N+](=O)[O-])cc1)c1cccc(S(=O)(=O)N2CCOCC2)c1. The zero-order valence-corrected chi connectivity index (χ0v) is 16.7. The number of benzene rings is 2. The second-order valence-electron chi connectivity index (χ2n) is 6.62. The molecule has 2 aromatic carbocycles. The Morgan fingerprint density at radius 2 is 1.87 bits per heavy atom. The van der Waals surface area contributed by atoms with Crippen molar-refractivity contribution in [3.63, 3.8) is 0 Å². The molecule has 0 spiro atoms. The fraction of sp³-hybridized carbons (Fsp3) is 0.316. The second-order valence-corrected chi connectivity index (χ2v) is 8.56. The Balaban J connectivity index is 1.65. The molecule has 0 unspecified atom stereocenters. The molecule has 160 valence electrons. The molecule has 0 aromatic heterocycles. The van der Waals surface area contributed by atoms with Crippen molar-refractivity contribution in [2.45, 2.75) is 11.0 Å². The number of nitrogens with zero attached hydrogens (tertiary/aromatic N) is 2. The maximum absolute atomic E-state index is 12.7. The zero-order valence-electron chi connectivity index (χ0n) is 15.9. The van der Waals surface area contributed by atoms with Crippen LogP contribution in [0.1, 0.15) is 22.0 Å². The molecule has 1 heterocycles. The maximum Gasteiger partial charge on any atom is 0.269 e. The summed E-state index contributed by atoms with van der Waals surface area (Å²) in [6, 6.07) is 11.0. The summed E-state index contributed by atoms with van der Waals surface area (Å²) in [5.41, 5.74) is 0.443. The van der Waals surface area contributed by atoms with Crippen molar-refractivity contribution >= 4 is 21.6 Å². The molecule has 1 amide bonds. The topological polar surface area (TPSA) is 139 Å². The van der Waals surface area contributed by atoms with Gasteiger partial charge >= 0.3 is 0 Å². The van der Waals surface area contributed by atoms with E-state index in [1.54, 1.807) is 0 Å². The van der Waals surface area contributed by atoms with Gasteiger partial charge in [-0.15, -0.1) is 0 Å². The highest BCUT2D eigenvalue weighted by Gasteiger charge is 2.27. The first-order valence-corrected chi connectivity index (χ1v) is 10.6. The van der Waals surface area contributed by atoms with Crippen LogP contribution in [0.15, 0.2) is 53.4 Å². The smallest absolute Gasteiger partial charge is 0.269 e. The number of aliphatic hydroxyl groups excluding tert-OH is 1. The van der Waals surface area contributed by atoms with Gasteiger partial charge in [0.2, 0.25) is 10.0 Å². The predicted molar refractivity (Wildman–Crippen MR) is 106 cm³/mol. The minimum atomic E-state index is -3.73. The number of non-ortho nitro benzene ring substituents is 1. The monoisotopic (exact) mass is 435 g/mol. The summed E-state index contributed by atoms with van der Waals surface area (Å²) in [5.74, 6) is -0.546. The molecular formula is C19H21N3O7S. The summed E-state index contributed by atoms with van der Waals surface area (Å²) < 4.78 is 32.0. The number of nitrogens with one attached hydrogen (secondary N) is 1. The van der Waals surface area contributed by atoms with Crippen LogP contribution in [0.3, 0.4) is 0 Å². The van der Waals surface area contributed by atoms with E-state index in [0.29, 0.717) is 18.8 Å². The van der Waals surface area contributed by atoms with E-state index in [2.05, 4.69) is 5.32 Å². The normalized spacial score (nSPS) is 16.0. The molecule has 1 aliphatic rings. The van der Waals surface area contributed by atoms with Crippen LogP contribution in [0.5, 0.6) is 0 Å². The van der Waals surface area contributed by atoms with Crippen molar-refractivity contribution in [3.05, 3.63) is 69.8 Å². The number of hydrogen-bond acceptors (Lipinski definition) is 7. The Morgan fingerprint density at radius 1 is 1.20 bits per heavy atom. The van der Waals surface area contributed by atoms with E-state index >= 15 is 0 Å². The van der Waals surface area contributed by atoms with Gasteiger partial charge in [0.15, 0.2) is 0 Å². The van der Waals surface area contributed by atoms with Gasteiger partial charge in [-0.25, -0.2) is 8.42 Å². The van der Waals surface area contributed by atoms with Crippen LogP contribution >= 0.6 is 0 Å². The number of aliphatic hydroxyl groups is 1. The number of sulfonamides is 1. The minimum Gasteiger partial charge on any atom is -0.387 e. The van der Waals surface area contributed by atoms with Crippen LogP contribution in [0.4, 0.5) is 5.69 Å². The first-order chi connectivity index (χ1) is 14.3. The third kappa shape index (κ3) is 5.00. The number of hydrogen-bond donors (Lipinski definition) is 2. The third-order valence-electron chi connectivity index (χ3n) is 4.65. The molecule has 1 aliphatic heterocycles. The minimum absolute atomic E-state index is 0.00738. The molecule has 10 nitrogen and oxygen atoms in total. The maximum atomic E-state index is 12.7. The van der Waals surface area contributed by atoms with Crippen molar-refractivity contribution in [2.24, 2.45) is 0 Å². The number of amides is 1.